The van der Waals surface area contributed by atoms with Crippen LogP contribution in [0.1, 0.15) is 35.2 Å². The van der Waals surface area contributed by atoms with Crippen molar-refractivity contribution >= 4 is 5.82 Å². The van der Waals surface area contributed by atoms with Crippen molar-refractivity contribution in [3.05, 3.63) is 46.6 Å². The normalized spacial score (nSPS) is 17.9. The molecule has 1 aliphatic rings. The summed E-state index contributed by atoms with van der Waals surface area (Å²) in [5.41, 5.74) is 5.24. The highest BCUT2D eigenvalue weighted by molar-refractivity contribution is 5.49. The first-order valence-corrected chi connectivity index (χ1v) is 7.05. The van der Waals surface area contributed by atoms with Crippen molar-refractivity contribution in [2.24, 2.45) is 0 Å². The van der Waals surface area contributed by atoms with Crippen LogP contribution in [0.25, 0.3) is 0 Å². The molecule has 100 valence electrons. The van der Waals surface area contributed by atoms with Crippen LogP contribution in [0.4, 0.5) is 5.82 Å². The molecule has 0 saturated heterocycles. The van der Waals surface area contributed by atoms with Gasteiger partial charge in [0.1, 0.15) is 5.82 Å². The Labute approximate surface area is 114 Å². The summed E-state index contributed by atoms with van der Waals surface area (Å²) in [6, 6.07) is 8.86. The quantitative estimate of drug-likeness (QED) is 0.892. The van der Waals surface area contributed by atoms with E-state index in [2.05, 4.69) is 55.0 Å². The summed E-state index contributed by atoms with van der Waals surface area (Å²) < 4.78 is 2.14. The summed E-state index contributed by atoms with van der Waals surface area (Å²) in [5.74, 6) is 1.72. The lowest BCUT2D eigenvalue weighted by molar-refractivity contribution is 0.502. The maximum absolute atomic E-state index is 4.72. The largest absolute Gasteiger partial charge is 0.369 e. The number of nitrogens with one attached hydrogen (secondary N) is 1. The van der Waals surface area contributed by atoms with Crippen LogP contribution < -0.4 is 5.32 Å². The number of rotatable bonds is 2. The lowest BCUT2D eigenvalue weighted by atomic mass is 9.97. The Kier molecular flexibility index (Phi) is 3.05. The third-order valence-corrected chi connectivity index (χ3v) is 4.08. The number of anilines is 1. The molecule has 0 amide bonds. The molecule has 0 aliphatic carbocycles. The number of hydrogen-bond acceptors (Lipinski definition) is 2. The Hall–Kier alpha value is -1.77. The highest BCUT2D eigenvalue weighted by Gasteiger charge is 2.23. The molecule has 0 fully saturated rings. The average Bonchev–Trinajstić information content (AvgIpc) is 2.76. The highest BCUT2D eigenvalue weighted by atomic mass is 15.3. The molecule has 19 heavy (non-hydrogen) atoms. The maximum Gasteiger partial charge on any atom is 0.127 e. The lowest BCUT2D eigenvalue weighted by Crippen LogP contribution is -2.26. The minimum atomic E-state index is 0.511. The van der Waals surface area contributed by atoms with Crippen molar-refractivity contribution in [1.29, 1.82) is 0 Å². The van der Waals surface area contributed by atoms with Gasteiger partial charge in [-0.25, -0.2) is 4.68 Å². The molecule has 0 radical (unpaired) electrons. The van der Waals surface area contributed by atoms with Gasteiger partial charge in [0, 0.05) is 18.0 Å². The van der Waals surface area contributed by atoms with Crippen LogP contribution in [0.3, 0.4) is 0 Å². The van der Waals surface area contributed by atoms with Gasteiger partial charge in [0.05, 0.1) is 12.2 Å². The SMILES string of the molecule is CCc1nn2c(c1C)NCC(c1ccc(C)cc1)C2. The first kappa shape index (κ1) is 12.3. The van der Waals surface area contributed by atoms with E-state index in [4.69, 9.17) is 5.10 Å². The Morgan fingerprint density at radius 1 is 1.26 bits per heavy atom. The second-order valence-corrected chi connectivity index (χ2v) is 5.44. The molecule has 1 aliphatic heterocycles. The van der Waals surface area contributed by atoms with E-state index >= 15 is 0 Å². The summed E-state index contributed by atoms with van der Waals surface area (Å²) in [6.07, 6.45) is 1.00. The summed E-state index contributed by atoms with van der Waals surface area (Å²) in [4.78, 5) is 0. The smallest absolute Gasteiger partial charge is 0.127 e. The fourth-order valence-electron chi connectivity index (χ4n) is 2.85. The fraction of sp³-hybridized carbons (Fsp3) is 0.438. The molecule has 2 aromatic rings. The van der Waals surface area contributed by atoms with Gasteiger partial charge < -0.3 is 5.32 Å². The molecule has 3 heteroatoms. The van der Waals surface area contributed by atoms with E-state index < -0.39 is 0 Å². The number of benzene rings is 1. The van der Waals surface area contributed by atoms with E-state index in [9.17, 15) is 0 Å². The van der Waals surface area contributed by atoms with Crippen molar-refractivity contribution in [2.75, 3.05) is 11.9 Å². The standard InChI is InChI=1S/C16H21N3/c1-4-15-12(3)16-17-9-14(10-19(16)18-15)13-7-5-11(2)6-8-13/h5-8,14,17H,4,9-10H2,1-3H3. The topological polar surface area (TPSA) is 29.9 Å². The van der Waals surface area contributed by atoms with Crippen LogP contribution in [-0.4, -0.2) is 16.3 Å². The second-order valence-electron chi connectivity index (χ2n) is 5.44. The Bertz CT molecular complexity index is 581. The maximum atomic E-state index is 4.72. The lowest BCUT2D eigenvalue weighted by Gasteiger charge is -2.25. The van der Waals surface area contributed by atoms with Crippen LogP contribution in [0, 0.1) is 13.8 Å². The zero-order valence-electron chi connectivity index (χ0n) is 11.9. The van der Waals surface area contributed by atoms with Gasteiger partial charge in [0.25, 0.3) is 0 Å². The zero-order chi connectivity index (χ0) is 13.4. The van der Waals surface area contributed by atoms with Crippen molar-refractivity contribution in [1.82, 2.24) is 9.78 Å². The summed E-state index contributed by atoms with van der Waals surface area (Å²) in [6.45, 7) is 8.44. The van der Waals surface area contributed by atoms with E-state index in [1.165, 1.54) is 28.2 Å². The van der Waals surface area contributed by atoms with Gasteiger partial charge in [0.15, 0.2) is 0 Å². The second kappa shape index (κ2) is 4.72. The Morgan fingerprint density at radius 2 is 2.00 bits per heavy atom. The summed E-state index contributed by atoms with van der Waals surface area (Å²) in [7, 11) is 0. The highest BCUT2D eigenvalue weighted by Crippen LogP contribution is 2.29. The van der Waals surface area contributed by atoms with Crippen LogP contribution in [0.2, 0.25) is 0 Å². The molecule has 0 spiro atoms. The Balaban J connectivity index is 1.88. The van der Waals surface area contributed by atoms with Gasteiger partial charge in [-0.3, -0.25) is 0 Å². The molecular formula is C16H21N3. The molecule has 1 N–H and O–H groups in total. The van der Waals surface area contributed by atoms with Crippen LogP contribution in [0.15, 0.2) is 24.3 Å². The molecule has 0 saturated carbocycles. The van der Waals surface area contributed by atoms with Crippen molar-refractivity contribution < 1.29 is 0 Å². The van der Waals surface area contributed by atoms with E-state index in [1.807, 2.05) is 0 Å². The fourth-order valence-corrected chi connectivity index (χ4v) is 2.85. The Morgan fingerprint density at radius 3 is 2.68 bits per heavy atom. The minimum absolute atomic E-state index is 0.511. The van der Waals surface area contributed by atoms with E-state index in [0.717, 1.165) is 19.5 Å². The first-order valence-electron chi connectivity index (χ1n) is 7.05. The zero-order valence-corrected chi connectivity index (χ0v) is 11.9. The summed E-state index contributed by atoms with van der Waals surface area (Å²) >= 11 is 0. The third kappa shape index (κ3) is 2.14. The van der Waals surface area contributed by atoms with Crippen molar-refractivity contribution in [3.8, 4) is 0 Å². The molecule has 1 atom stereocenters. The average molecular weight is 255 g/mol. The van der Waals surface area contributed by atoms with Crippen LogP contribution in [-0.2, 0) is 13.0 Å². The molecule has 1 unspecified atom stereocenters. The molecule has 1 aromatic carbocycles. The monoisotopic (exact) mass is 255 g/mol. The molecule has 3 nitrogen and oxygen atoms in total. The molecule has 1 aromatic heterocycles. The van der Waals surface area contributed by atoms with Gasteiger partial charge in [0.2, 0.25) is 0 Å². The molecule has 2 heterocycles. The van der Waals surface area contributed by atoms with Gasteiger partial charge in [-0.05, 0) is 25.8 Å². The molecule has 3 rings (SSSR count). The summed E-state index contributed by atoms with van der Waals surface area (Å²) in [5, 5.41) is 8.27. The van der Waals surface area contributed by atoms with Crippen molar-refractivity contribution in [2.45, 2.75) is 39.7 Å². The van der Waals surface area contributed by atoms with Crippen molar-refractivity contribution in [3.63, 3.8) is 0 Å². The predicted molar refractivity (Wildman–Crippen MR) is 78.8 cm³/mol. The van der Waals surface area contributed by atoms with Gasteiger partial charge in [-0.15, -0.1) is 0 Å². The van der Waals surface area contributed by atoms with E-state index in [-0.39, 0.29) is 0 Å². The van der Waals surface area contributed by atoms with E-state index in [1.54, 1.807) is 0 Å². The van der Waals surface area contributed by atoms with E-state index in [0.29, 0.717) is 5.92 Å². The number of nitrogens with zero attached hydrogens (tertiary/aromatic N) is 2. The number of fused-ring (bicyclic) bond motifs is 1. The number of hydrogen-bond donors (Lipinski definition) is 1. The number of aryl methyl sites for hydroxylation is 2. The van der Waals surface area contributed by atoms with Crippen LogP contribution in [0.5, 0.6) is 0 Å². The van der Waals surface area contributed by atoms with Crippen LogP contribution >= 0.6 is 0 Å². The van der Waals surface area contributed by atoms with Gasteiger partial charge in [-0.2, -0.15) is 5.10 Å². The third-order valence-electron chi connectivity index (χ3n) is 4.08. The number of aromatic nitrogens is 2. The molecule has 0 bridgehead atoms. The molecular weight excluding hydrogens is 234 g/mol. The predicted octanol–water partition coefficient (Wildman–Crippen LogP) is 3.27. The van der Waals surface area contributed by atoms with Gasteiger partial charge in [-0.1, -0.05) is 36.8 Å². The first-order chi connectivity index (χ1) is 9.19. The minimum Gasteiger partial charge on any atom is -0.369 e. The van der Waals surface area contributed by atoms with Gasteiger partial charge >= 0.3 is 0 Å².